The molecular weight excluding hydrogens is 294 g/mol. The molecule has 0 spiro atoms. The fourth-order valence-corrected chi connectivity index (χ4v) is 3.57. The average molecular weight is 319 g/mol. The molecule has 0 radical (unpaired) electrons. The molecule has 6 heteroatoms. The molecular formula is C17H25N3O3. The summed E-state index contributed by atoms with van der Waals surface area (Å²) in [6.45, 7) is 6.21. The summed E-state index contributed by atoms with van der Waals surface area (Å²) in [6.07, 6.45) is 4.96. The molecule has 2 amide bonds. The number of nitrogens with one attached hydrogen (secondary N) is 2. The molecule has 0 unspecified atom stereocenters. The largest absolute Gasteiger partial charge is 0.360 e. The molecule has 126 valence electrons. The first-order valence-corrected chi connectivity index (χ1v) is 8.44. The van der Waals surface area contributed by atoms with Crippen LogP contribution >= 0.6 is 0 Å². The third-order valence-electron chi connectivity index (χ3n) is 4.82. The van der Waals surface area contributed by atoms with Crippen molar-refractivity contribution in [3.63, 3.8) is 0 Å². The van der Waals surface area contributed by atoms with Crippen molar-refractivity contribution in [3.8, 4) is 0 Å². The van der Waals surface area contributed by atoms with E-state index in [1.54, 1.807) is 0 Å². The Labute approximate surface area is 136 Å². The summed E-state index contributed by atoms with van der Waals surface area (Å²) in [5, 5.41) is 10.1. The van der Waals surface area contributed by atoms with Crippen molar-refractivity contribution < 1.29 is 14.1 Å². The van der Waals surface area contributed by atoms with E-state index in [9.17, 15) is 9.59 Å². The highest BCUT2D eigenvalue weighted by Crippen LogP contribution is 2.28. The number of rotatable bonds is 2. The zero-order chi connectivity index (χ0) is 16.6. The van der Waals surface area contributed by atoms with Gasteiger partial charge in [-0.3, -0.25) is 9.59 Å². The normalized spacial score (nSPS) is 24.7. The Hall–Kier alpha value is -1.85. The molecule has 1 aromatic heterocycles. The van der Waals surface area contributed by atoms with E-state index in [0.29, 0.717) is 18.5 Å². The number of aromatic nitrogens is 1. The van der Waals surface area contributed by atoms with E-state index < -0.39 is 0 Å². The van der Waals surface area contributed by atoms with E-state index >= 15 is 0 Å². The second-order valence-corrected chi connectivity index (χ2v) is 7.67. The average Bonchev–Trinajstić information content (AvgIpc) is 2.92. The van der Waals surface area contributed by atoms with Crippen molar-refractivity contribution in [2.75, 3.05) is 0 Å². The quantitative estimate of drug-likeness (QED) is 0.873. The van der Waals surface area contributed by atoms with E-state index in [1.807, 2.05) is 0 Å². The third kappa shape index (κ3) is 3.26. The molecule has 2 N–H and O–H groups in total. The van der Waals surface area contributed by atoms with Gasteiger partial charge in [0.15, 0.2) is 5.69 Å². The molecule has 2 aliphatic rings. The number of fused-ring (bicyclic) bond motifs is 1. The Kier molecular flexibility index (Phi) is 4.17. The highest BCUT2D eigenvalue weighted by molar-refractivity contribution is 5.94. The van der Waals surface area contributed by atoms with Crippen LogP contribution in [-0.2, 0) is 17.6 Å². The molecule has 1 aliphatic carbocycles. The van der Waals surface area contributed by atoms with Crippen LogP contribution in [0.1, 0.15) is 68.3 Å². The van der Waals surface area contributed by atoms with Crippen molar-refractivity contribution >= 4 is 11.8 Å². The molecule has 0 aromatic carbocycles. The zero-order valence-corrected chi connectivity index (χ0v) is 14.1. The Morgan fingerprint density at radius 3 is 2.74 bits per heavy atom. The molecule has 1 aliphatic heterocycles. The monoisotopic (exact) mass is 319 g/mol. The van der Waals surface area contributed by atoms with E-state index in [2.05, 4.69) is 36.6 Å². The maximum absolute atomic E-state index is 12.7. The van der Waals surface area contributed by atoms with Crippen LogP contribution in [0.5, 0.6) is 0 Å². The lowest BCUT2D eigenvalue weighted by atomic mass is 9.78. The molecule has 0 saturated carbocycles. The van der Waals surface area contributed by atoms with Crippen LogP contribution < -0.4 is 10.6 Å². The number of hydrogen-bond acceptors (Lipinski definition) is 4. The van der Waals surface area contributed by atoms with Crippen molar-refractivity contribution in [1.29, 1.82) is 0 Å². The van der Waals surface area contributed by atoms with Gasteiger partial charge in [-0.15, -0.1) is 0 Å². The molecule has 3 rings (SSSR count). The number of nitrogens with zero attached hydrogens (tertiary/aromatic N) is 1. The lowest BCUT2D eigenvalue weighted by molar-refractivity contribution is -0.125. The minimum Gasteiger partial charge on any atom is -0.360 e. The summed E-state index contributed by atoms with van der Waals surface area (Å²) in [7, 11) is 0. The van der Waals surface area contributed by atoms with Crippen LogP contribution in [0.3, 0.4) is 0 Å². The fraction of sp³-hybridized carbons (Fsp3) is 0.706. The van der Waals surface area contributed by atoms with Gasteiger partial charge in [-0.25, -0.2) is 0 Å². The molecule has 1 fully saturated rings. The van der Waals surface area contributed by atoms with E-state index in [-0.39, 0.29) is 29.3 Å². The smallest absolute Gasteiger partial charge is 0.274 e. The number of amides is 2. The lowest BCUT2D eigenvalue weighted by Crippen LogP contribution is -2.60. The highest BCUT2D eigenvalue weighted by Gasteiger charge is 2.38. The van der Waals surface area contributed by atoms with Gasteiger partial charge in [-0.1, -0.05) is 25.9 Å². The molecule has 1 saturated heterocycles. The Morgan fingerprint density at radius 1 is 1.26 bits per heavy atom. The number of carbonyl (C=O) groups excluding carboxylic acids is 2. The number of piperidine rings is 1. The van der Waals surface area contributed by atoms with Crippen LogP contribution in [0, 0.1) is 5.41 Å². The van der Waals surface area contributed by atoms with Crippen molar-refractivity contribution in [1.82, 2.24) is 15.8 Å². The van der Waals surface area contributed by atoms with Crippen molar-refractivity contribution in [3.05, 3.63) is 17.0 Å². The third-order valence-corrected chi connectivity index (χ3v) is 4.82. The summed E-state index contributed by atoms with van der Waals surface area (Å²) in [5.41, 5.74) is 1.25. The van der Waals surface area contributed by atoms with Crippen LogP contribution in [0.15, 0.2) is 4.52 Å². The van der Waals surface area contributed by atoms with Crippen molar-refractivity contribution in [2.45, 2.75) is 71.4 Å². The molecule has 0 bridgehead atoms. The highest BCUT2D eigenvalue weighted by atomic mass is 16.5. The maximum Gasteiger partial charge on any atom is 0.274 e. The number of carbonyl (C=O) groups is 2. The predicted octanol–water partition coefficient (Wildman–Crippen LogP) is 1.98. The van der Waals surface area contributed by atoms with Gasteiger partial charge in [0.2, 0.25) is 5.91 Å². The van der Waals surface area contributed by atoms with Crippen LogP contribution in [0.4, 0.5) is 0 Å². The summed E-state index contributed by atoms with van der Waals surface area (Å²) in [5.74, 6) is 0.715. The van der Waals surface area contributed by atoms with E-state index in [1.165, 1.54) is 0 Å². The minimum absolute atomic E-state index is 0.0502. The van der Waals surface area contributed by atoms with Gasteiger partial charge in [-0.2, -0.15) is 0 Å². The predicted molar refractivity (Wildman–Crippen MR) is 85.0 cm³/mol. The van der Waals surface area contributed by atoms with Gasteiger partial charge in [0, 0.05) is 18.4 Å². The van der Waals surface area contributed by atoms with Crippen LogP contribution in [0.25, 0.3) is 0 Å². The minimum atomic E-state index is -0.188. The van der Waals surface area contributed by atoms with Gasteiger partial charge in [0.25, 0.3) is 5.91 Å². The molecule has 1 aromatic rings. The van der Waals surface area contributed by atoms with E-state index in [0.717, 1.165) is 37.0 Å². The first kappa shape index (κ1) is 16.0. The SMILES string of the molecule is CC(C)(C)[C@@H]1NC(=O)CC[C@H]1NC(=O)c1noc2c1CCCC2. The molecule has 6 nitrogen and oxygen atoms in total. The fourth-order valence-electron chi connectivity index (χ4n) is 3.57. The molecule has 23 heavy (non-hydrogen) atoms. The van der Waals surface area contributed by atoms with Gasteiger partial charge in [0.1, 0.15) is 5.76 Å². The molecule has 2 atom stereocenters. The summed E-state index contributed by atoms with van der Waals surface area (Å²) in [6, 6.07) is -0.174. The first-order chi connectivity index (χ1) is 10.9. The summed E-state index contributed by atoms with van der Waals surface area (Å²) < 4.78 is 5.33. The Balaban J connectivity index is 1.76. The topological polar surface area (TPSA) is 84.2 Å². The maximum atomic E-state index is 12.7. The lowest BCUT2D eigenvalue weighted by Gasteiger charge is -2.40. The zero-order valence-electron chi connectivity index (χ0n) is 14.1. The van der Waals surface area contributed by atoms with Crippen molar-refractivity contribution in [2.24, 2.45) is 5.41 Å². The first-order valence-electron chi connectivity index (χ1n) is 8.44. The standard InChI is InChI=1S/C17H25N3O3/c1-17(2,3)15-11(8-9-13(21)19-15)18-16(22)14-10-6-4-5-7-12(10)23-20-14/h11,15H,4-9H2,1-3H3,(H,18,22)(H,19,21)/t11-,15-/m1/s1. The number of hydrogen-bond donors (Lipinski definition) is 2. The van der Waals surface area contributed by atoms with Gasteiger partial charge >= 0.3 is 0 Å². The van der Waals surface area contributed by atoms with Crippen LogP contribution in [0.2, 0.25) is 0 Å². The van der Waals surface area contributed by atoms with Crippen LogP contribution in [-0.4, -0.2) is 29.1 Å². The second-order valence-electron chi connectivity index (χ2n) is 7.67. The van der Waals surface area contributed by atoms with Gasteiger partial charge < -0.3 is 15.2 Å². The Bertz CT molecular complexity index is 615. The van der Waals surface area contributed by atoms with Gasteiger partial charge in [0.05, 0.1) is 12.1 Å². The molecule has 2 heterocycles. The second kappa shape index (κ2) is 5.98. The number of aryl methyl sites for hydroxylation is 1. The summed E-state index contributed by atoms with van der Waals surface area (Å²) >= 11 is 0. The van der Waals surface area contributed by atoms with E-state index in [4.69, 9.17) is 4.52 Å². The summed E-state index contributed by atoms with van der Waals surface area (Å²) in [4.78, 5) is 24.4. The Morgan fingerprint density at radius 2 is 2.00 bits per heavy atom. The van der Waals surface area contributed by atoms with Gasteiger partial charge in [-0.05, 0) is 31.1 Å².